The standard InChI is InChI=1S/C47H67NO8/c1-3-4-19-42(52)43(53)29-24-36-23-22-35-16-11-10-15-34(35)17-14-20-44(46(2,56)47(30-12-7-13-31-47)37-25-27-38(50)28-26-37)48-41(40(36)32-39(51)33-49)18-8-5-6-9-21-45(54)55/h10-11,15-16,24-29,39,41-44,48-53,56H,3-9,12-13,18-23,30-33H2,1-2H3,(H,54,55)/b29-24+,40-36+/t39-,41-,42-,43+,44+,46+/m0/s1. The maximum Gasteiger partial charge on any atom is 0.303 e. The molecule has 9 heteroatoms. The Hall–Kier alpha value is -3.49. The first-order valence-corrected chi connectivity index (χ1v) is 21.0. The second-order valence-corrected chi connectivity index (χ2v) is 16.3. The molecule has 0 bridgehead atoms. The van der Waals surface area contributed by atoms with E-state index in [2.05, 4.69) is 23.2 Å². The Balaban J connectivity index is 1.90. The lowest BCUT2D eigenvalue weighted by atomic mass is 9.57. The molecule has 6 atom stereocenters. The predicted octanol–water partition coefficient (Wildman–Crippen LogP) is 6.99. The van der Waals surface area contributed by atoms with Crippen molar-refractivity contribution in [3.05, 3.63) is 88.5 Å². The molecule has 0 aromatic heterocycles. The van der Waals surface area contributed by atoms with E-state index >= 15 is 0 Å². The van der Waals surface area contributed by atoms with E-state index in [1.54, 1.807) is 18.2 Å². The van der Waals surface area contributed by atoms with Crippen LogP contribution in [-0.2, 0) is 16.6 Å². The van der Waals surface area contributed by atoms with Gasteiger partial charge in [-0.25, -0.2) is 0 Å². The first-order valence-electron chi connectivity index (χ1n) is 21.0. The van der Waals surface area contributed by atoms with Crippen LogP contribution in [0.4, 0.5) is 0 Å². The second-order valence-electron chi connectivity index (χ2n) is 16.3. The molecule has 9 nitrogen and oxygen atoms in total. The van der Waals surface area contributed by atoms with Crippen molar-refractivity contribution in [3.8, 4) is 17.6 Å². The van der Waals surface area contributed by atoms with Crippen LogP contribution in [-0.4, -0.2) is 84.3 Å². The lowest BCUT2D eigenvalue weighted by Crippen LogP contribution is -2.63. The van der Waals surface area contributed by atoms with Gasteiger partial charge in [0.15, 0.2) is 0 Å². The number of carboxylic acid groups (broad SMARTS) is 1. The number of nitrogens with one attached hydrogen (secondary N) is 1. The zero-order chi connectivity index (χ0) is 40.6. The van der Waals surface area contributed by atoms with Crippen LogP contribution < -0.4 is 5.32 Å². The van der Waals surface area contributed by atoms with Crippen LogP contribution in [0.1, 0.15) is 140 Å². The van der Waals surface area contributed by atoms with E-state index in [1.165, 1.54) is 0 Å². The van der Waals surface area contributed by atoms with Crippen LogP contribution in [0, 0.1) is 11.8 Å². The molecule has 4 rings (SSSR count). The molecule has 2 aromatic carbocycles. The molecular formula is C47H67NO8. The Morgan fingerprint density at radius 3 is 2.39 bits per heavy atom. The Kier molecular flexibility index (Phi) is 18.1. The van der Waals surface area contributed by atoms with Gasteiger partial charge in [-0.15, -0.1) is 0 Å². The number of carboxylic acids is 1. The molecule has 8 N–H and O–H groups in total. The fraction of sp³-hybridized carbons (Fsp3) is 0.596. The van der Waals surface area contributed by atoms with Crippen molar-refractivity contribution in [1.82, 2.24) is 5.32 Å². The minimum absolute atomic E-state index is 0.112. The maximum atomic E-state index is 13.2. The van der Waals surface area contributed by atoms with Crippen LogP contribution in [0.5, 0.6) is 5.75 Å². The highest BCUT2D eigenvalue weighted by Gasteiger charge is 2.53. The quantitative estimate of drug-likeness (QED) is 0.0554. The Bertz CT molecular complexity index is 1630. The normalized spacial score (nSPS) is 23.1. The SMILES string of the molecule is CCCC[C@H](O)[C@H](O)/C=C/C1=C(\C[C@H](O)CO)[C@H](CCCCCCC(=O)O)N[C@@H]([C@@](C)(O)C2(c3ccc(O)cc3)CCCCC2)CC#Cc2ccccc2CC1. The molecule has 1 heterocycles. The monoisotopic (exact) mass is 773 g/mol. The van der Waals surface area contributed by atoms with Gasteiger partial charge in [0.2, 0.25) is 0 Å². The second kappa shape index (κ2) is 22.4. The summed E-state index contributed by atoms with van der Waals surface area (Å²) in [5.41, 5.74) is 2.66. The molecule has 1 saturated carbocycles. The number of aliphatic carboxylic acids is 1. The van der Waals surface area contributed by atoms with E-state index in [4.69, 9.17) is 0 Å². The number of fused-ring (bicyclic) bond motifs is 1. The molecule has 1 fully saturated rings. The van der Waals surface area contributed by atoms with E-state index in [0.717, 1.165) is 92.0 Å². The van der Waals surface area contributed by atoms with Gasteiger partial charge < -0.3 is 41.1 Å². The van der Waals surface area contributed by atoms with Gasteiger partial charge in [0, 0.05) is 35.9 Å². The van der Waals surface area contributed by atoms with Crippen LogP contribution in [0.25, 0.3) is 0 Å². The average molecular weight is 774 g/mol. The van der Waals surface area contributed by atoms with E-state index < -0.39 is 47.9 Å². The number of aryl methyl sites for hydroxylation is 1. The number of carbonyl (C=O) groups is 1. The number of rotatable bonds is 19. The number of hydrogen-bond donors (Lipinski definition) is 8. The number of allylic oxidation sites excluding steroid dienone is 2. The van der Waals surface area contributed by atoms with Crippen molar-refractivity contribution in [2.45, 2.75) is 171 Å². The molecule has 2 aromatic rings. The topological polar surface area (TPSA) is 171 Å². The molecule has 0 spiro atoms. The van der Waals surface area contributed by atoms with Crippen molar-refractivity contribution in [3.63, 3.8) is 0 Å². The summed E-state index contributed by atoms with van der Waals surface area (Å²) in [6.45, 7) is 3.50. The molecule has 0 saturated heterocycles. The number of aliphatic hydroxyl groups excluding tert-OH is 4. The average Bonchev–Trinajstić information content (AvgIpc) is 3.19. The van der Waals surface area contributed by atoms with Gasteiger partial charge in [0.25, 0.3) is 0 Å². The molecule has 1 aliphatic carbocycles. The van der Waals surface area contributed by atoms with Gasteiger partial charge in [-0.2, -0.15) is 0 Å². The lowest BCUT2D eigenvalue weighted by Gasteiger charge is -2.52. The zero-order valence-corrected chi connectivity index (χ0v) is 33.6. The molecule has 0 radical (unpaired) electrons. The summed E-state index contributed by atoms with van der Waals surface area (Å²) in [6.07, 6.45) is 12.3. The van der Waals surface area contributed by atoms with Crippen molar-refractivity contribution in [2.75, 3.05) is 6.61 Å². The number of phenolic OH excluding ortho intramolecular Hbond substituents is 1. The fourth-order valence-corrected chi connectivity index (χ4v) is 8.83. The molecule has 2 aliphatic rings. The van der Waals surface area contributed by atoms with Crippen LogP contribution in [0.2, 0.25) is 0 Å². The molecule has 1 aliphatic heterocycles. The molecule has 56 heavy (non-hydrogen) atoms. The van der Waals surface area contributed by atoms with Gasteiger partial charge in [-0.1, -0.05) is 113 Å². The van der Waals surface area contributed by atoms with Crippen LogP contribution >= 0.6 is 0 Å². The number of benzene rings is 2. The third-order valence-corrected chi connectivity index (χ3v) is 12.3. The Morgan fingerprint density at radius 1 is 0.982 bits per heavy atom. The summed E-state index contributed by atoms with van der Waals surface area (Å²) in [6, 6.07) is 14.3. The maximum absolute atomic E-state index is 13.2. The van der Waals surface area contributed by atoms with E-state index in [0.29, 0.717) is 38.5 Å². The number of unbranched alkanes of at least 4 members (excludes halogenated alkanes) is 4. The highest BCUT2D eigenvalue weighted by molar-refractivity contribution is 5.66. The van der Waals surface area contributed by atoms with E-state index in [-0.39, 0.29) is 24.6 Å². The third-order valence-electron chi connectivity index (χ3n) is 12.3. The van der Waals surface area contributed by atoms with Gasteiger partial charge in [-0.3, -0.25) is 4.79 Å². The van der Waals surface area contributed by atoms with Gasteiger partial charge in [-0.05, 0) is 98.8 Å². The minimum Gasteiger partial charge on any atom is -0.508 e. The zero-order valence-electron chi connectivity index (χ0n) is 33.6. The van der Waals surface area contributed by atoms with Gasteiger partial charge in [0.1, 0.15) is 5.75 Å². The number of aliphatic hydroxyl groups is 5. The number of phenols is 1. The lowest BCUT2D eigenvalue weighted by molar-refractivity contribution is -0.137. The summed E-state index contributed by atoms with van der Waals surface area (Å²) in [4.78, 5) is 11.2. The van der Waals surface area contributed by atoms with Crippen molar-refractivity contribution < 1.29 is 40.5 Å². The first kappa shape index (κ1) is 45.2. The Morgan fingerprint density at radius 2 is 1.70 bits per heavy atom. The summed E-state index contributed by atoms with van der Waals surface area (Å²) < 4.78 is 0. The summed E-state index contributed by atoms with van der Waals surface area (Å²) in [5, 5.41) is 79.7. The van der Waals surface area contributed by atoms with E-state index in [1.807, 2.05) is 50.3 Å². The van der Waals surface area contributed by atoms with Gasteiger partial charge >= 0.3 is 5.97 Å². The highest BCUT2D eigenvalue weighted by Crippen LogP contribution is 2.49. The van der Waals surface area contributed by atoms with Crippen LogP contribution in [0.3, 0.4) is 0 Å². The van der Waals surface area contributed by atoms with Crippen molar-refractivity contribution >= 4 is 5.97 Å². The molecule has 308 valence electrons. The number of aromatic hydroxyl groups is 1. The Labute approximate surface area is 334 Å². The summed E-state index contributed by atoms with van der Waals surface area (Å²) in [5.74, 6) is 6.22. The van der Waals surface area contributed by atoms with Crippen molar-refractivity contribution in [2.24, 2.45) is 0 Å². The van der Waals surface area contributed by atoms with Crippen molar-refractivity contribution in [1.29, 1.82) is 0 Å². The molecule has 0 amide bonds. The fourth-order valence-electron chi connectivity index (χ4n) is 8.83. The van der Waals surface area contributed by atoms with Crippen LogP contribution in [0.15, 0.2) is 71.8 Å². The van der Waals surface area contributed by atoms with E-state index in [9.17, 15) is 40.5 Å². The predicted molar refractivity (Wildman–Crippen MR) is 221 cm³/mol. The largest absolute Gasteiger partial charge is 0.508 e. The van der Waals surface area contributed by atoms with Gasteiger partial charge in [0.05, 0.1) is 30.5 Å². The molecule has 0 unspecified atom stereocenters. The highest BCUT2D eigenvalue weighted by atomic mass is 16.4. The number of hydrogen-bond acceptors (Lipinski definition) is 8. The summed E-state index contributed by atoms with van der Waals surface area (Å²) in [7, 11) is 0. The minimum atomic E-state index is -1.33. The smallest absolute Gasteiger partial charge is 0.303 e. The summed E-state index contributed by atoms with van der Waals surface area (Å²) >= 11 is 0. The first-order chi connectivity index (χ1) is 26.9. The molecular weight excluding hydrogens is 707 g/mol. The third kappa shape index (κ3) is 12.5.